The van der Waals surface area contributed by atoms with Gasteiger partial charge in [0, 0.05) is 5.56 Å². The minimum atomic E-state index is -1.88. The van der Waals surface area contributed by atoms with Gasteiger partial charge in [-0.25, -0.2) is 0 Å². The van der Waals surface area contributed by atoms with Gasteiger partial charge in [0.15, 0.2) is 5.44 Å². The standard InChI is InChI=1S/C12H8O4S/c13-8-5-6-3-1-2-4-7(6)9-10(14)12(15)17(16)11(8)9/h1-5,12-13,15H. The van der Waals surface area contributed by atoms with Crippen LogP contribution in [0.5, 0.6) is 5.75 Å². The van der Waals surface area contributed by atoms with Crippen LogP contribution in [-0.4, -0.2) is 25.6 Å². The maximum Gasteiger partial charge on any atom is 0.206 e. The summed E-state index contributed by atoms with van der Waals surface area (Å²) in [5, 5.41) is 20.6. The van der Waals surface area contributed by atoms with Crippen LogP contribution in [0.4, 0.5) is 0 Å². The molecule has 2 aromatic rings. The van der Waals surface area contributed by atoms with Gasteiger partial charge in [0.1, 0.15) is 5.75 Å². The van der Waals surface area contributed by atoms with Crippen LogP contribution >= 0.6 is 0 Å². The summed E-state index contributed by atoms with van der Waals surface area (Å²) >= 11 is 0. The van der Waals surface area contributed by atoms with Crippen molar-refractivity contribution in [2.75, 3.05) is 0 Å². The molecule has 0 radical (unpaired) electrons. The molecule has 0 aromatic heterocycles. The molecule has 0 spiro atoms. The van der Waals surface area contributed by atoms with Crippen molar-refractivity contribution in [2.24, 2.45) is 0 Å². The average Bonchev–Trinajstić information content (AvgIpc) is 2.55. The van der Waals surface area contributed by atoms with E-state index < -0.39 is 22.0 Å². The van der Waals surface area contributed by atoms with E-state index in [1.807, 2.05) is 0 Å². The van der Waals surface area contributed by atoms with Gasteiger partial charge in [-0.15, -0.1) is 0 Å². The number of hydrogen-bond donors (Lipinski definition) is 2. The maximum atomic E-state index is 11.8. The summed E-state index contributed by atoms with van der Waals surface area (Å²) in [4.78, 5) is 11.9. The zero-order valence-electron chi connectivity index (χ0n) is 8.58. The van der Waals surface area contributed by atoms with E-state index in [0.717, 1.165) is 0 Å². The van der Waals surface area contributed by atoms with Gasteiger partial charge in [-0.05, 0) is 16.8 Å². The number of carbonyl (C=O) groups excluding carboxylic acids is 1. The Morgan fingerprint density at radius 3 is 2.71 bits per heavy atom. The molecule has 0 aliphatic carbocycles. The summed E-state index contributed by atoms with van der Waals surface area (Å²) in [6.45, 7) is 0. The lowest BCUT2D eigenvalue weighted by molar-refractivity contribution is 0.0872. The Hall–Kier alpha value is -1.72. The van der Waals surface area contributed by atoms with Gasteiger partial charge < -0.3 is 10.2 Å². The van der Waals surface area contributed by atoms with Gasteiger partial charge in [0.05, 0.1) is 15.7 Å². The van der Waals surface area contributed by atoms with E-state index in [4.69, 9.17) is 0 Å². The molecule has 0 fully saturated rings. The van der Waals surface area contributed by atoms with Crippen LogP contribution in [0.15, 0.2) is 35.2 Å². The molecular formula is C12H8O4S. The van der Waals surface area contributed by atoms with Crippen molar-refractivity contribution < 1.29 is 19.2 Å². The smallest absolute Gasteiger partial charge is 0.206 e. The second-order valence-corrected chi connectivity index (χ2v) is 5.28. The summed E-state index contributed by atoms with van der Waals surface area (Å²) < 4.78 is 11.8. The molecule has 2 aromatic carbocycles. The summed E-state index contributed by atoms with van der Waals surface area (Å²) in [5.74, 6) is -0.799. The number of aromatic hydroxyl groups is 1. The second kappa shape index (κ2) is 3.38. The number of aliphatic hydroxyl groups is 1. The number of carbonyl (C=O) groups is 1. The van der Waals surface area contributed by atoms with Gasteiger partial charge >= 0.3 is 0 Å². The van der Waals surface area contributed by atoms with Crippen LogP contribution in [-0.2, 0) is 10.8 Å². The van der Waals surface area contributed by atoms with E-state index in [0.29, 0.717) is 10.8 Å². The van der Waals surface area contributed by atoms with Gasteiger partial charge in [-0.1, -0.05) is 24.3 Å². The van der Waals surface area contributed by atoms with Gasteiger partial charge in [-0.2, -0.15) is 0 Å². The summed E-state index contributed by atoms with van der Waals surface area (Å²) in [5.41, 5.74) is -1.40. The van der Waals surface area contributed by atoms with E-state index in [1.165, 1.54) is 6.07 Å². The first kappa shape index (κ1) is 10.4. The lowest BCUT2D eigenvalue weighted by Crippen LogP contribution is -2.16. The molecule has 4 nitrogen and oxygen atoms in total. The summed E-state index contributed by atoms with van der Waals surface area (Å²) in [6, 6.07) is 8.44. The van der Waals surface area contributed by atoms with Crippen LogP contribution in [0.2, 0.25) is 0 Å². The second-order valence-electron chi connectivity index (χ2n) is 3.83. The molecule has 1 aliphatic heterocycles. The molecule has 1 aliphatic rings. The summed E-state index contributed by atoms with van der Waals surface area (Å²) in [6.07, 6.45) is 0. The van der Waals surface area contributed by atoms with Crippen molar-refractivity contribution in [1.82, 2.24) is 0 Å². The van der Waals surface area contributed by atoms with Crippen molar-refractivity contribution in [3.05, 3.63) is 35.9 Å². The Labute approximate surface area is 99.0 Å². The Bertz CT molecular complexity index is 678. The number of fused-ring (bicyclic) bond motifs is 3. The van der Waals surface area contributed by atoms with Gasteiger partial charge in [0.25, 0.3) is 0 Å². The zero-order chi connectivity index (χ0) is 12.2. The van der Waals surface area contributed by atoms with Crippen LogP contribution < -0.4 is 0 Å². The highest BCUT2D eigenvalue weighted by Gasteiger charge is 2.39. The number of ketones is 1. The van der Waals surface area contributed by atoms with Crippen molar-refractivity contribution >= 4 is 27.4 Å². The van der Waals surface area contributed by atoms with Crippen molar-refractivity contribution in [3.63, 3.8) is 0 Å². The molecule has 0 amide bonds. The molecule has 0 saturated heterocycles. The maximum absolute atomic E-state index is 11.8. The topological polar surface area (TPSA) is 74.6 Å². The van der Waals surface area contributed by atoms with Crippen molar-refractivity contribution in [2.45, 2.75) is 10.3 Å². The van der Waals surface area contributed by atoms with Gasteiger partial charge in [0.2, 0.25) is 5.78 Å². The van der Waals surface area contributed by atoms with E-state index in [-0.39, 0.29) is 16.2 Å². The highest BCUT2D eigenvalue weighted by Crippen LogP contribution is 2.39. The molecule has 3 rings (SSSR count). The Morgan fingerprint density at radius 1 is 1.24 bits per heavy atom. The third-order valence-corrected chi connectivity index (χ3v) is 4.29. The molecule has 0 bridgehead atoms. The molecule has 2 N–H and O–H groups in total. The summed E-state index contributed by atoms with van der Waals surface area (Å²) in [7, 11) is -1.88. The fraction of sp³-hybridized carbons (Fsp3) is 0.0833. The third kappa shape index (κ3) is 1.26. The minimum Gasteiger partial charge on any atom is -0.507 e. The lowest BCUT2D eigenvalue weighted by atomic mass is 10.0. The highest BCUT2D eigenvalue weighted by atomic mass is 32.2. The average molecular weight is 248 g/mol. The number of phenols is 1. The third-order valence-electron chi connectivity index (χ3n) is 2.86. The molecule has 0 saturated carbocycles. The van der Waals surface area contributed by atoms with E-state index >= 15 is 0 Å². The first-order valence-corrected chi connectivity index (χ1v) is 6.20. The highest BCUT2D eigenvalue weighted by molar-refractivity contribution is 7.87. The van der Waals surface area contributed by atoms with Crippen molar-refractivity contribution in [1.29, 1.82) is 0 Å². The SMILES string of the molecule is O=C1c2c(c(O)cc3ccccc23)S(=O)C1O. The Morgan fingerprint density at radius 2 is 1.94 bits per heavy atom. The fourth-order valence-corrected chi connectivity index (χ4v) is 3.31. The molecule has 17 heavy (non-hydrogen) atoms. The lowest BCUT2D eigenvalue weighted by Gasteiger charge is -2.04. The van der Waals surface area contributed by atoms with Gasteiger partial charge in [-0.3, -0.25) is 9.00 Å². The monoisotopic (exact) mass is 248 g/mol. The number of aliphatic hydroxyl groups excluding tert-OH is 1. The minimum absolute atomic E-state index is 0.0428. The van der Waals surface area contributed by atoms with E-state index in [1.54, 1.807) is 24.3 Å². The molecule has 86 valence electrons. The molecule has 1 heterocycles. The van der Waals surface area contributed by atoms with E-state index in [2.05, 4.69) is 0 Å². The molecule has 2 unspecified atom stereocenters. The number of benzene rings is 2. The van der Waals surface area contributed by atoms with E-state index in [9.17, 15) is 19.2 Å². The van der Waals surface area contributed by atoms with Crippen LogP contribution in [0.1, 0.15) is 10.4 Å². The van der Waals surface area contributed by atoms with Crippen LogP contribution in [0.25, 0.3) is 10.8 Å². The first-order chi connectivity index (χ1) is 8.11. The number of rotatable bonds is 0. The Balaban J connectivity index is 2.51. The normalized spacial score (nSPS) is 23.0. The molecule has 5 heteroatoms. The largest absolute Gasteiger partial charge is 0.507 e. The first-order valence-electron chi connectivity index (χ1n) is 4.99. The van der Waals surface area contributed by atoms with Crippen LogP contribution in [0.3, 0.4) is 0 Å². The molecule has 2 atom stereocenters. The predicted molar refractivity (Wildman–Crippen MR) is 62.4 cm³/mol. The Kier molecular flexibility index (Phi) is 2.08. The predicted octanol–water partition coefficient (Wildman–Crippen LogP) is 1.17. The number of Topliss-reactive ketones (excluding diaryl/α,β-unsaturated/α-hetero) is 1. The zero-order valence-corrected chi connectivity index (χ0v) is 9.40. The number of phenolic OH excluding ortho intramolecular Hbond substituents is 1. The van der Waals surface area contributed by atoms with Crippen LogP contribution in [0, 0.1) is 0 Å². The quantitative estimate of drug-likeness (QED) is 0.733. The fourth-order valence-electron chi connectivity index (χ4n) is 2.09. The van der Waals surface area contributed by atoms with Crippen molar-refractivity contribution in [3.8, 4) is 5.75 Å². The number of hydrogen-bond acceptors (Lipinski definition) is 4. The molecular weight excluding hydrogens is 240 g/mol.